The molecule has 3 nitrogen and oxygen atoms in total. The van der Waals surface area contributed by atoms with Crippen LogP contribution in [0.25, 0.3) is 0 Å². The first kappa shape index (κ1) is 10.3. The van der Waals surface area contributed by atoms with E-state index in [2.05, 4.69) is 30.3 Å². The summed E-state index contributed by atoms with van der Waals surface area (Å²) in [6.07, 6.45) is 4.34. The van der Waals surface area contributed by atoms with Crippen LogP contribution in [-0.4, -0.2) is 15.8 Å². The first-order valence-electron chi connectivity index (χ1n) is 4.98. The fraction of sp³-hybridized carbons (Fsp3) is 0.700. The van der Waals surface area contributed by atoms with Crippen LogP contribution in [0, 0.1) is 0 Å². The molecule has 0 fully saturated rings. The second-order valence-electron chi connectivity index (χ2n) is 3.38. The van der Waals surface area contributed by atoms with Gasteiger partial charge < -0.3 is 5.32 Å². The molecule has 0 aromatic carbocycles. The molecule has 13 heavy (non-hydrogen) atoms. The van der Waals surface area contributed by atoms with E-state index in [0.717, 1.165) is 12.2 Å². The van der Waals surface area contributed by atoms with E-state index in [1.165, 1.54) is 12.8 Å². The minimum atomic E-state index is 0.627. The third kappa shape index (κ3) is 3.19. The molecule has 0 saturated heterocycles. The molecule has 0 atom stereocenters. The summed E-state index contributed by atoms with van der Waals surface area (Å²) >= 11 is 0. The molecule has 0 saturated carbocycles. The van der Waals surface area contributed by atoms with Crippen LogP contribution in [0.4, 0.5) is 0 Å². The number of nitrogens with zero attached hydrogens (tertiary/aromatic N) is 2. The van der Waals surface area contributed by atoms with Crippen molar-refractivity contribution in [3.63, 3.8) is 0 Å². The van der Waals surface area contributed by atoms with E-state index in [0.29, 0.717) is 6.04 Å². The van der Waals surface area contributed by atoms with Gasteiger partial charge in [-0.2, -0.15) is 5.10 Å². The van der Waals surface area contributed by atoms with E-state index in [1.54, 1.807) is 0 Å². The van der Waals surface area contributed by atoms with Gasteiger partial charge in [0.2, 0.25) is 0 Å². The Morgan fingerprint density at radius 2 is 2.15 bits per heavy atom. The van der Waals surface area contributed by atoms with E-state index in [9.17, 15) is 0 Å². The number of hydrogen-bond donors (Lipinski definition) is 1. The molecule has 1 aromatic rings. The fourth-order valence-corrected chi connectivity index (χ4v) is 1.38. The average Bonchev–Trinajstić information content (AvgIpc) is 2.53. The van der Waals surface area contributed by atoms with Crippen LogP contribution < -0.4 is 5.32 Å². The highest BCUT2D eigenvalue weighted by Crippen LogP contribution is 1.99. The number of rotatable bonds is 5. The highest BCUT2D eigenvalue weighted by Gasteiger charge is 2.02. The summed E-state index contributed by atoms with van der Waals surface area (Å²) in [7, 11) is 1.95. The Kier molecular flexibility index (Phi) is 3.96. The normalized spacial score (nSPS) is 11.1. The molecule has 0 aliphatic carbocycles. The summed E-state index contributed by atoms with van der Waals surface area (Å²) in [5.74, 6) is 0. The highest BCUT2D eigenvalue weighted by molar-refractivity contribution is 4.98. The second-order valence-corrected chi connectivity index (χ2v) is 3.38. The van der Waals surface area contributed by atoms with E-state index in [4.69, 9.17) is 0 Å². The van der Waals surface area contributed by atoms with Crippen molar-refractivity contribution in [2.75, 3.05) is 0 Å². The number of aryl methyl sites for hydroxylation is 1. The molecule has 1 rings (SSSR count). The molecule has 0 unspecified atom stereocenters. The Hall–Kier alpha value is -0.830. The van der Waals surface area contributed by atoms with Crippen molar-refractivity contribution in [2.24, 2.45) is 7.05 Å². The SMILES string of the molecule is CCC(CC)NCc1ccn(C)n1. The van der Waals surface area contributed by atoms with Gasteiger partial charge in [0.25, 0.3) is 0 Å². The summed E-state index contributed by atoms with van der Waals surface area (Å²) in [5, 5.41) is 7.78. The van der Waals surface area contributed by atoms with Crippen molar-refractivity contribution in [1.29, 1.82) is 0 Å². The van der Waals surface area contributed by atoms with E-state index >= 15 is 0 Å². The van der Waals surface area contributed by atoms with Crippen LogP contribution in [0.1, 0.15) is 32.4 Å². The second kappa shape index (κ2) is 5.02. The lowest BCUT2D eigenvalue weighted by Crippen LogP contribution is -2.27. The van der Waals surface area contributed by atoms with Crippen LogP contribution in [0.3, 0.4) is 0 Å². The summed E-state index contributed by atoms with van der Waals surface area (Å²) in [6.45, 7) is 5.30. The first-order valence-corrected chi connectivity index (χ1v) is 4.98. The minimum absolute atomic E-state index is 0.627. The monoisotopic (exact) mass is 181 g/mol. The molecular formula is C10H19N3. The largest absolute Gasteiger partial charge is 0.308 e. The van der Waals surface area contributed by atoms with Gasteiger partial charge in [-0.25, -0.2) is 0 Å². The van der Waals surface area contributed by atoms with Crippen molar-refractivity contribution in [2.45, 2.75) is 39.3 Å². The predicted molar refractivity (Wildman–Crippen MR) is 54.4 cm³/mol. The molecule has 0 amide bonds. The molecule has 1 N–H and O–H groups in total. The Labute approximate surface area is 80.1 Å². The Morgan fingerprint density at radius 1 is 1.46 bits per heavy atom. The lowest BCUT2D eigenvalue weighted by atomic mass is 10.2. The fourth-order valence-electron chi connectivity index (χ4n) is 1.38. The van der Waals surface area contributed by atoms with Gasteiger partial charge in [-0.1, -0.05) is 13.8 Å². The van der Waals surface area contributed by atoms with Gasteiger partial charge in [-0.3, -0.25) is 4.68 Å². The minimum Gasteiger partial charge on any atom is -0.308 e. The summed E-state index contributed by atoms with van der Waals surface area (Å²) < 4.78 is 1.84. The van der Waals surface area contributed by atoms with Gasteiger partial charge in [0.15, 0.2) is 0 Å². The lowest BCUT2D eigenvalue weighted by molar-refractivity contribution is 0.478. The summed E-state index contributed by atoms with van der Waals surface area (Å²) in [4.78, 5) is 0. The van der Waals surface area contributed by atoms with E-state index in [1.807, 2.05) is 17.9 Å². The molecule has 0 spiro atoms. The van der Waals surface area contributed by atoms with Crippen molar-refractivity contribution >= 4 is 0 Å². The van der Waals surface area contributed by atoms with Crippen LogP contribution in [-0.2, 0) is 13.6 Å². The molecule has 0 radical (unpaired) electrons. The highest BCUT2D eigenvalue weighted by atomic mass is 15.3. The Balaban J connectivity index is 2.33. The number of hydrogen-bond acceptors (Lipinski definition) is 2. The zero-order chi connectivity index (χ0) is 9.68. The van der Waals surface area contributed by atoms with Crippen molar-refractivity contribution in [3.05, 3.63) is 18.0 Å². The number of nitrogens with one attached hydrogen (secondary N) is 1. The maximum Gasteiger partial charge on any atom is 0.0762 e. The molecule has 3 heteroatoms. The summed E-state index contributed by atoms with van der Waals surface area (Å²) in [6, 6.07) is 2.68. The smallest absolute Gasteiger partial charge is 0.0762 e. The molecular weight excluding hydrogens is 162 g/mol. The van der Waals surface area contributed by atoms with Gasteiger partial charge in [0, 0.05) is 25.8 Å². The van der Waals surface area contributed by atoms with Gasteiger partial charge in [0.05, 0.1) is 5.69 Å². The van der Waals surface area contributed by atoms with Crippen LogP contribution in [0.5, 0.6) is 0 Å². The van der Waals surface area contributed by atoms with Crippen LogP contribution >= 0.6 is 0 Å². The molecule has 1 heterocycles. The third-order valence-corrected chi connectivity index (χ3v) is 2.33. The molecule has 74 valence electrons. The van der Waals surface area contributed by atoms with Gasteiger partial charge in [-0.05, 0) is 18.9 Å². The maximum absolute atomic E-state index is 4.31. The first-order chi connectivity index (χ1) is 6.26. The summed E-state index contributed by atoms with van der Waals surface area (Å²) in [5.41, 5.74) is 1.12. The lowest BCUT2D eigenvalue weighted by Gasteiger charge is -2.12. The van der Waals surface area contributed by atoms with Crippen molar-refractivity contribution in [1.82, 2.24) is 15.1 Å². The van der Waals surface area contributed by atoms with Crippen LogP contribution in [0.15, 0.2) is 12.3 Å². The van der Waals surface area contributed by atoms with Crippen LogP contribution in [0.2, 0.25) is 0 Å². The van der Waals surface area contributed by atoms with Gasteiger partial charge >= 0.3 is 0 Å². The van der Waals surface area contributed by atoms with E-state index in [-0.39, 0.29) is 0 Å². The zero-order valence-electron chi connectivity index (χ0n) is 8.75. The topological polar surface area (TPSA) is 29.9 Å². The zero-order valence-corrected chi connectivity index (χ0v) is 8.75. The van der Waals surface area contributed by atoms with E-state index < -0.39 is 0 Å². The Bertz CT molecular complexity index is 238. The standard InChI is InChI=1S/C10H19N3/c1-4-9(5-2)11-8-10-6-7-13(3)12-10/h6-7,9,11H,4-5,8H2,1-3H3. The number of aromatic nitrogens is 2. The quantitative estimate of drug-likeness (QED) is 0.749. The van der Waals surface area contributed by atoms with Gasteiger partial charge in [-0.15, -0.1) is 0 Å². The Morgan fingerprint density at radius 3 is 2.62 bits per heavy atom. The molecule has 0 aliphatic heterocycles. The predicted octanol–water partition coefficient (Wildman–Crippen LogP) is 1.70. The third-order valence-electron chi connectivity index (χ3n) is 2.33. The van der Waals surface area contributed by atoms with Crippen molar-refractivity contribution < 1.29 is 0 Å². The molecule has 0 bridgehead atoms. The molecule has 1 aromatic heterocycles. The van der Waals surface area contributed by atoms with Gasteiger partial charge in [0.1, 0.15) is 0 Å². The van der Waals surface area contributed by atoms with Crippen molar-refractivity contribution in [3.8, 4) is 0 Å². The maximum atomic E-state index is 4.31. The average molecular weight is 181 g/mol. The molecule has 0 aliphatic rings.